The molecule has 0 unspecified atom stereocenters. The van der Waals surface area contributed by atoms with E-state index in [1.54, 1.807) is 0 Å². The molecule has 0 aromatic carbocycles. The molecule has 48 valence electrons. The zero-order chi connectivity index (χ0) is 5.98. The van der Waals surface area contributed by atoms with E-state index in [1.807, 2.05) is 0 Å². The Bertz CT molecular complexity index is 52.8. The van der Waals surface area contributed by atoms with Crippen molar-refractivity contribution >= 4 is 0 Å². The van der Waals surface area contributed by atoms with Crippen molar-refractivity contribution < 1.29 is 0 Å². The second-order valence-corrected chi connectivity index (χ2v) is 2.99. The third-order valence-corrected chi connectivity index (χ3v) is 1.91. The van der Waals surface area contributed by atoms with Gasteiger partial charge in [0, 0.05) is 6.04 Å². The van der Waals surface area contributed by atoms with Gasteiger partial charge in [0.05, 0.1) is 0 Å². The zero-order valence-corrected chi connectivity index (χ0v) is 5.78. The number of rotatable bonds is 0. The van der Waals surface area contributed by atoms with Gasteiger partial charge in [-0.1, -0.05) is 6.92 Å². The molecule has 1 nitrogen and oxygen atoms in total. The Morgan fingerprint density at radius 2 is 2.00 bits per heavy atom. The molecule has 1 N–H and O–H groups in total. The maximum Gasteiger partial charge on any atom is 0.00389 e. The molecular formula is C7H15N. The highest BCUT2D eigenvalue weighted by atomic mass is 14.9. The summed E-state index contributed by atoms with van der Waals surface area (Å²) in [4.78, 5) is 0. The average Bonchev–Trinajstić information content (AvgIpc) is 1.77. The van der Waals surface area contributed by atoms with Gasteiger partial charge in [0.2, 0.25) is 0 Å². The van der Waals surface area contributed by atoms with Crippen LogP contribution < -0.4 is 5.32 Å². The highest BCUT2D eigenvalue weighted by Gasteiger charge is 2.11. The van der Waals surface area contributed by atoms with Crippen molar-refractivity contribution in [3.05, 3.63) is 0 Å². The molecule has 1 aliphatic rings. The highest BCUT2D eigenvalue weighted by molar-refractivity contribution is 4.71. The van der Waals surface area contributed by atoms with E-state index in [9.17, 15) is 0 Å². The molecule has 1 heterocycles. The molecule has 0 aliphatic carbocycles. The molecule has 1 aliphatic heterocycles. The molecule has 1 fully saturated rings. The molecule has 0 aromatic rings. The van der Waals surface area contributed by atoms with E-state index in [4.69, 9.17) is 0 Å². The van der Waals surface area contributed by atoms with Crippen LogP contribution in [0.1, 0.15) is 26.7 Å². The first kappa shape index (κ1) is 6.09. The molecule has 0 spiro atoms. The summed E-state index contributed by atoms with van der Waals surface area (Å²) in [6.07, 6.45) is 2.77. The molecular weight excluding hydrogens is 98.1 g/mol. The number of piperidine rings is 1. The van der Waals surface area contributed by atoms with Crippen LogP contribution in [0, 0.1) is 5.92 Å². The van der Waals surface area contributed by atoms with E-state index in [1.165, 1.54) is 19.4 Å². The Morgan fingerprint density at radius 3 is 2.38 bits per heavy atom. The molecule has 0 amide bonds. The molecule has 2 atom stereocenters. The van der Waals surface area contributed by atoms with Gasteiger partial charge in [-0.15, -0.1) is 0 Å². The zero-order valence-electron chi connectivity index (χ0n) is 5.78. The van der Waals surface area contributed by atoms with E-state index in [0.717, 1.165) is 12.0 Å². The van der Waals surface area contributed by atoms with E-state index in [0.29, 0.717) is 0 Å². The van der Waals surface area contributed by atoms with Crippen LogP contribution in [-0.4, -0.2) is 12.6 Å². The van der Waals surface area contributed by atoms with Crippen LogP contribution in [0.25, 0.3) is 0 Å². The van der Waals surface area contributed by atoms with Gasteiger partial charge in [-0.25, -0.2) is 0 Å². The lowest BCUT2D eigenvalue weighted by molar-refractivity contribution is 0.343. The van der Waals surface area contributed by atoms with Gasteiger partial charge in [-0.2, -0.15) is 0 Å². The van der Waals surface area contributed by atoms with Crippen LogP contribution in [0.3, 0.4) is 0 Å². The van der Waals surface area contributed by atoms with Crippen molar-refractivity contribution in [3.8, 4) is 0 Å². The van der Waals surface area contributed by atoms with E-state index >= 15 is 0 Å². The van der Waals surface area contributed by atoms with Crippen molar-refractivity contribution in [2.24, 2.45) is 5.92 Å². The van der Waals surface area contributed by atoms with Crippen molar-refractivity contribution in [2.45, 2.75) is 32.7 Å². The maximum absolute atomic E-state index is 3.43. The standard InChI is InChI=1S/C7H15N/c1-6-3-4-7(2)8-5-6/h6-8H,3-5H2,1-2H3/t6-,7-/m0/s1. The molecule has 1 rings (SSSR count). The van der Waals surface area contributed by atoms with E-state index < -0.39 is 0 Å². The van der Waals surface area contributed by atoms with Gasteiger partial charge < -0.3 is 5.32 Å². The summed E-state index contributed by atoms with van der Waals surface area (Å²) >= 11 is 0. The Morgan fingerprint density at radius 1 is 1.25 bits per heavy atom. The summed E-state index contributed by atoms with van der Waals surface area (Å²) in [5.41, 5.74) is 0. The van der Waals surface area contributed by atoms with Crippen molar-refractivity contribution in [3.63, 3.8) is 0 Å². The third-order valence-electron chi connectivity index (χ3n) is 1.91. The van der Waals surface area contributed by atoms with E-state index in [-0.39, 0.29) is 0 Å². The summed E-state index contributed by atoms with van der Waals surface area (Å²) in [6.45, 7) is 5.78. The van der Waals surface area contributed by atoms with Crippen molar-refractivity contribution in [2.75, 3.05) is 6.54 Å². The van der Waals surface area contributed by atoms with Crippen LogP contribution in [-0.2, 0) is 0 Å². The maximum atomic E-state index is 3.43. The third kappa shape index (κ3) is 1.48. The van der Waals surface area contributed by atoms with Crippen molar-refractivity contribution in [1.29, 1.82) is 0 Å². The van der Waals surface area contributed by atoms with Gasteiger partial charge in [-0.05, 0) is 32.2 Å². The molecule has 0 saturated carbocycles. The van der Waals surface area contributed by atoms with E-state index in [2.05, 4.69) is 19.2 Å². The number of hydrogen-bond donors (Lipinski definition) is 1. The smallest absolute Gasteiger partial charge is 0.00389 e. The minimum atomic E-state index is 0.770. The minimum absolute atomic E-state index is 0.770. The summed E-state index contributed by atoms with van der Waals surface area (Å²) < 4.78 is 0. The Labute approximate surface area is 51.5 Å². The summed E-state index contributed by atoms with van der Waals surface area (Å²) in [5.74, 6) is 0.909. The topological polar surface area (TPSA) is 12.0 Å². The summed E-state index contributed by atoms with van der Waals surface area (Å²) in [7, 11) is 0. The lowest BCUT2D eigenvalue weighted by Crippen LogP contribution is -2.35. The van der Waals surface area contributed by atoms with Crippen LogP contribution in [0.5, 0.6) is 0 Å². The summed E-state index contributed by atoms with van der Waals surface area (Å²) in [6, 6.07) is 0.770. The lowest BCUT2D eigenvalue weighted by atomic mass is 9.98. The normalized spacial score (nSPS) is 39.8. The minimum Gasteiger partial charge on any atom is -0.314 e. The second kappa shape index (κ2) is 2.49. The fraction of sp³-hybridized carbons (Fsp3) is 1.00. The summed E-state index contributed by atoms with van der Waals surface area (Å²) in [5, 5.41) is 3.43. The molecule has 0 bridgehead atoms. The Balaban J connectivity index is 2.19. The number of hydrogen-bond acceptors (Lipinski definition) is 1. The van der Waals surface area contributed by atoms with Crippen LogP contribution in [0.4, 0.5) is 0 Å². The predicted octanol–water partition coefficient (Wildman–Crippen LogP) is 1.39. The monoisotopic (exact) mass is 113 g/mol. The predicted molar refractivity (Wildman–Crippen MR) is 35.9 cm³/mol. The van der Waals surface area contributed by atoms with Gasteiger partial charge in [0.1, 0.15) is 0 Å². The Kier molecular flexibility index (Phi) is 1.90. The molecule has 0 radical (unpaired) electrons. The van der Waals surface area contributed by atoms with Gasteiger partial charge in [0.15, 0.2) is 0 Å². The lowest BCUT2D eigenvalue weighted by Gasteiger charge is -2.24. The molecule has 1 heteroatoms. The Hall–Kier alpha value is -0.0400. The molecule has 0 aromatic heterocycles. The highest BCUT2D eigenvalue weighted by Crippen LogP contribution is 2.11. The second-order valence-electron chi connectivity index (χ2n) is 2.99. The first-order valence-electron chi connectivity index (χ1n) is 3.52. The van der Waals surface area contributed by atoms with Gasteiger partial charge >= 0.3 is 0 Å². The first-order valence-corrected chi connectivity index (χ1v) is 3.52. The fourth-order valence-electron chi connectivity index (χ4n) is 1.14. The largest absolute Gasteiger partial charge is 0.314 e. The first-order chi connectivity index (χ1) is 3.79. The van der Waals surface area contributed by atoms with Gasteiger partial charge in [-0.3, -0.25) is 0 Å². The fourth-order valence-corrected chi connectivity index (χ4v) is 1.14. The van der Waals surface area contributed by atoms with Crippen LogP contribution in [0.15, 0.2) is 0 Å². The quantitative estimate of drug-likeness (QED) is 0.500. The molecule has 1 saturated heterocycles. The SMILES string of the molecule is C[C@H]1CC[C@H](C)NC1. The number of nitrogens with one attached hydrogen (secondary N) is 1. The molecule has 8 heavy (non-hydrogen) atoms. The van der Waals surface area contributed by atoms with Gasteiger partial charge in [0.25, 0.3) is 0 Å². The van der Waals surface area contributed by atoms with Crippen LogP contribution >= 0.6 is 0 Å². The van der Waals surface area contributed by atoms with Crippen molar-refractivity contribution in [1.82, 2.24) is 5.32 Å². The van der Waals surface area contributed by atoms with Crippen LogP contribution in [0.2, 0.25) is 0 Å². The average molecular weight is 113 g/mol.